The minimum Gasteiger partial charge on any atom is -0.337 e. The Bertz CT molecular complexity index is 1140. The van der Waals surface area contributed by atoms with Crippen molar-refractivity contribution in [3.63, 3.8) is 0 Å². The first kappa shape index (κ1) is 18.9. The highest BCUT2D eigenvalue weighted by Crippen LogP contribution is 2.17. The smallest absolute Gasteiger partial charge is 0.275 e. The molecule has 2 amide bonds. The van der Waals surface area contributed by atoms with Crippen molar-refractivity contribution < 1.29 is 9.59 Å². The van der Waals surface area contributed by atoms with Crippen LogP contribution in [0.25, 0.3) is 10.8 Å². The second kappa shape index (κ2) is 7.87. The lowest BCUT2D eigenvalue weighted by atomic mass is 10.1. The van der Waals surface area contributed by atoms with E-state index >= 15 is 0 Å². The van der Waals surface area contributed by atoms with Crippen molar-refractivity contribution in [1.29, 1.82) is 0 Å². The Labute approximate surface area is 167 Å². The number of carbonyl (C=O) groups excluding carboxylic acids is 2. The number of aryl methyl sites for hydroxylation is 1. The fourth-order valence-electron chi connectivity index (χ4n) is 3.70. The van der Waals surface area contributed by atoms with E-state index in [9.17, 15) is 14.4 Å². The van der Waals surface area contributed by atoms with Crippen LogP contribution in [-0.2, 0) is 11.3 Å². The third-order valence-electron chi connectivity index (χ3n) is 5.23. The van der Waals surface area contributed by atoms with Crippen molar-refractivity contribution >= 4 is 22.6 Å². The van der Waals surface area contributed by atoms with Crippen molar-refractivity contribution in [2.75, 3.05) is 19.6 Å². The molecular formula is C22H22N4O3. The highest BCUT2D eigenvalue weighted by molar-refractivity contribution is 6.04. The normalized spacial score (nSPS) is 14.9. The van der Waals surface area contributed by atoms with Gasteiger partial charge in [0.05, 0.1) is 5.39 Å². The number of aromatic nitrogens is 2. The maximum Gasteiger partial charge on any atom is 0.275 e. The molecule has 1 N–H and O–H groups in total. The summed E-state index contributed by atoms with van der Waals surface area (Å²) in [7, 11) is 0. The van der Waals surface area contributed by atoms with Crippen molar-refractivity contribution in [1.82, 2.24) is 20.0 Å². The van der Waals surface area contributed by atoms with E-state index in [0.29, 0.717) is 37.0 Å². The van der Waals surface area contributed by atoms with Crippen LogP contribution in [0.1, 0.15) is 28.0 Å². The lowest BCUT2D eigenvalue weighted by molar-refractivity contribution is -0.130. The van der Waals surface area contributed by atoms with Crippen LogP contribution < -0.4 is 5.56 Å². The average molecular weight is 390 g/mol. The van der Waals surface area contributed by atoms with Crippen molar-refractivity contribution in [2.45, 2.75) is 19.9 Å². The molecule has 0 saturated carbocycles. The number of nitrogens with one attached hydrogen (secondary N) is 1. The molecule has 29 heavy (non-hydrogen) atoms. The second-order valence-corrected chi connectivity index (χ2v) is 7.29. The molecule has 0 atom stereocenters. The summed E-state index contributed by atoms with van der Waals surface area (Å²) in [5.41, 5.74) is 2.11. The van der Waals surface area contributed by atoms with Crippen molar-refractivity contribution in [3.05, 3.63) is 75.7 Å². The van der Waals surface area contributed by atoms with Gasteiger partial charge in [-0.15, -0.1) is 0 Å². The third-order valence-corrected chi connectivity index (χ3v) is 5.23. The standard InChI is InChI=1S/C22H22N4O3/c1-15-5-4-6-16(13-15)14-26-12-11-25(10-9-19(26)27)22(29)20-17-7-2-3-8-18(17)21(28)24-23-20/h2-8,13H,9-12,14H2,1H3,(H,24,28). The van der Waals surface area contributed by atoms with Gasteiger partial charge in [0.15, 0.2) is 5.69 Å². The summed E-state index contributed by atoms with van der Waals surface area (Å²) in [5, 5.41) is 7.35. The molecule has 7 heteroatoms. The van der Waals surface area contributed by atoms with E-state index in [0.717, 1.165) is 11.1 Å². The molecule has 0 bridgehead atoms. The van der Waals surface area contributed by atoms with Crippen LogP contribution in [0.2, 0.25) is 0 Å². The first-order valence-corrected chi connectivity index (χ1v) is 9.63. The summed E-state index contributed by atoms with van der Waals surface area (Å²) in [6.45, 7) is 3.76. The molecule has 1 aliphatic heterocycles. The Kier molecular flexibility index (Phi) is 5.12. The number of H-pyrrole nitrogens is 1. The monoisotopic (exact) mass is 390 g/mol. The quantitative estimate of drug-likeness (QED) is 0.742. The van der Waals surface area contributed by atoms with E-state index in [-0.39, 0.29) is 29.5 Å². The molecular weight excluding hydrogens is 368 g/mol. The van der Waals surface area contributed by atoms with Gasteiger partial charge in [-0.1, -0.05) is 48.0 Å². The van der Waals surface area contributed by atoms with Crippen LogP contribution in [-0.4, -0.2) is 51.4 Å². The van der Waals surface area contributed by atoms with Gasteiger partial charge in [0, 0.05) is 38.0 Å². The van der Waals surface area contributed by atoms with E-state index in [2.05, 4.69) is 16.3 Å². The summed E-state index contributed by atoms with van der Waals surface area (Å²) in [4.78, 5) is 41.1. The molecule has 1 aliphatic rings. The Balaban J connectivity index is 1.54. The first-order valence-electron chi connectivity index (χ1n) is 9.63. The molecule has 1 aromatic heterocycles. The number of hydrogen-bond acceptors (Lipinski definition) is 4. The van der Waals surface area contributed by atoms with E-state index < -0.39 is 0 Å². The van der Waals surface area contributed by atoms with Gasteiger partial charge >= 0.3 is 0 Å². The Morgan fingerprint density at radius 3 is 2.62 bits per heavy atom. The predicted molar refractivity (Wildman–Crippen MR) is 109 cm³/mol. The lowest BCUT2D eigenvalue weighted by Gasteiger charge is -2.22. The Morgan fingerprint density at radius 2 is 1.83 bits per heavy atom. The van der Waals surface area contributed by atoms with Gasteiger partial charge < -0.3 is 9.80 Å². The summed E-state index contributed by atoms with van der Waals surface area (Å²) in [6, 6.07) is 15.0. The fraction of sp³-hybridized carbons (Fsp3) is 0.273. The van der Waals surface area contributed by atoms with Crippen LogP contribution >= 0.6 is 0 Å². The molecule has 7 nitrogen and oxygen atoms in total. The first-order chi connectivity index (χ1) is 14.0. The molecule has 0 unspecified atom stereocenters. The zero-order chi connectivity index (χ0) is 20.4. The van der Waals surface area contributed by atoms with E-state index in [1.807, 2.05) is 25.1 Å². The van der Waals surface area contributed by atoms with Crippen LogP contribution in [0.15, 0.2) is 53.3 Å². The van der Waals surface area contributed by atoms with E-state index in [4.69, 9.17) is 0 Å². The minimum absolute atomic E-state index is 0.0288. The highest BCUT2D eigenvalue weighted by atomic mass is 16.2. The Hall–Kier alpha value is -3.48. The zero-order valence-corrected chi connectivity index (χ0v) is 16.2. The molecule has 0 spiro atoms. The van der Waals surface area contributed by atoms with Crippen LogP contribution in [0.5, 0.6) is 0 Å². The SMILES string of the molecule is Cc1cccc(CN2CCN(C(=O)c3n[nH]c(=O)c4ccccc34)CCC2=O)c1. The number of nitrogens with zero attached hydrogens (tertiary/aromatic N) is 3. The van der Waals surface area contributed by atoms with E-state index in [1.54, 1.807) is 34.1 Å². The van der Waals surface area contributed by atoms with Crippen molar-refractivity contribution in [3.8, 4) is 0 Å². The molecule has 0 radical (unpaired) electrons. The number of fused-ring (bicyclic) bond motifs is 1. The lowest BCUT2D eigenvalue weighted by Crippen LogP contribution is -2.36. The number of amides is 2. The van der Waals surface area contributed by atoms with Gasteiger partial charge in [-0.2, -0.15) is 5.10 Å². The predicted octanol–water partition coefficient (Wildman–Crippen LogP) is 2.11. The minimum atomic E-state index is -0.326. The zero-order valence-electron chi connectivity index (χ0n) is 16.2. The van der Waals surface area contributed by atoms with Crippen LogP contribution in [0.3, 0.4) is 0 Å². The Morgan fingerprint density at radius 1 is 1.03 bits per heavy atom. The topological polar surface area (TPSA) is 86.4 Å². The van der Waals surface area contributed by atoms with E-state index in [1.165, 1.54) is 0 Å². The largest absolute Gasteiger partial charge is 0.337 e. The summed E-state index contributed by atoms with van der Waals surface area (Å²) < 4.78 is 0. The van der Waals surface area contributed by atoms with Crippen LogP contribution in [0, 0.1) is 6.92 Å². The second-order valence-electron chi connectivity index (χ2n) is 7.29. The molecule has 1 fully saturated rings. The highest BCUT2D eigenvalue weighted by Gasteiger charge is 2.26. The number of rotatable bonds is 3. The number of benzene rings is 2. The van der Waals surface area contributed by atoms with Crippen LogP contribution in [0.4, 0.5) is 0 Å². The number of hydrogen-bond donors (Lipinski definition) is 1. The number of aromatic amines is 1. The van der Waals surface area contributed by atoms with Gasteiger partial charge in [0.1, 0.15) is 0 Å². The molecule has 2 aromatic carbocycles. The van der Waals surface area contributed by atoms with Gasteiger partial charge in [0.2, 0.25) is 5.91 Å². The molecule has 4 rings (SSSR count). The maximum absolute atomic E-state index is 13.1. The maximum atomic E-state index is 13.1. The van der Waals surface area contributed by atoms with Gasteiger partial charge in [-0.3, -0.25) is 14.4 Å². The van der Waals surface area contributed by atoms with Gasteiger partial charge in [-0.05, 0) is 18.6 Å². The third kappa shape index (κ3) is 3.89. The molecule has 1 saturated heterocycles. The molecule has 148 valence electrons. The van der Waals surface area contributed by atoms with Gasteiger partial charge in [-0.25, -0.2) is 5.10 Å². The fourth-order valence-corrected chi connectivity index (χ4v) is 3.70. The van der Waals surface area contributed by atoms with Gasteiger partial charge in [0.25, 0.3) is 11.5 Å². The molecule has 0 aliphatic carbocycles. The van der Waals surface area contributed by atoms with Crippen molar-refractivity contribution in [2.24, 2.45) is 0 Å². The summed E-state index contributed by atoms with van der Waals surface area (Å²) in [6.07, 6.45) is 0.263. The average Bonchev–Trinajstić information content (AvgIpc) is 2.90. The number of carbonyl (C=O) groups is 2. The molecule has 3 aromatic rings. The summed E-state index contributed by atoms with van der Waals surface area (Å²) >= 11 is 0. The molecule has 2 heterocycles. The summed E-state index contributed by atoms with van der Waals surface area (Å²) in [5.74, 6) is -0.247.